The van der Waals surface area contributed by atoms with E-state index >= 15 is 0 Å². The normalized spacial score (nSPS) is 11.8. The lowest BCUT2D eigenvalue weighted by atomic mass is 10.1. The van der Waals surface area contributed by atoms with Gasteiger partial charge in [0.15, 0.2) is 22.9 Å². The number of carbonyl (C=O) groups excluding carboxylic acids is 1. The molecule has 2 aromatic carbocycles. The first-order valence-electron chi connectivity index (χ1n) is 7.89. The van der Waals surface area contributed by atoms with Crippen molar-refractivity contribution in [2.45, 2.75) is 13.8 Å². The maximum atomic E-state index is 12.2. The number of hydrogen-bond donors (Lipinski definition) is 0. The third kappa shape index (κ3) is 3.58. The second kappa shape index (κ2) is 7.11. The van der Waals surface area contributed by atoms with E-state index in [0.717, 1.165) is 10.2 Å². The summed E-state index contributed by atoms with van der Waals surface area (Å²) in [5.74, 6) is 0.788. The van der Waals surface area contributed by atoms with E-state index < -0.39 is 0 Å². The largest absolute Gasteiger partial charge is 0.493 e. The van der Waals surface area contributed by atoms with E-state index in [9.17, 15) is 4.79 Å². The minimum atomic E-state index is -0.332. The summed E-state index contributed by atoms with van der Waals surface area (Å²) in [6.07, 6.45) is 0. The Kier molecular flexibility index (Phi) is 4.90. The first-order valence-corrected chi connectivity index (χ1v) is 8.71. The number of nitrogens with zero attached hydrogens (tertiary/aromatic N) is 2. The van der Waals surface area contributed by atoms with E-state index in [1.54, 1.807) is 19.2 Å². The Hall–Kier alpha value is -2.60. The number of carbonyl (C=O) groups is 1. The van der Waals surface area contributed by atoms with Crippen LogP contribution in [0.4, 0.5) is 0 Å². The number of ether oxygens (including phenoxy) is 2. The Bertz CT molecular complexity index is 1000. The van der Waals surface area contributed by atoms with Crippen molar-refractivity contribution in [1.82, 2.24) is 4.57 Å². The van der Waals surface area contributed by atoms with Gasteiger partial charge in [-0.15, -0.1) is 0 Å². The topological polar surface area (TPSA) is 52.8 Å². The molecular weight excluding hydrogens is 336 g/mol. The minimum absolute atomic E-state index is 0.132. The van der Waals surface area contributed by atoms with Crippen molar-refractivity contribution in [1.29, 1.82) is 0 Å². The molecule has 3 aromatic rings. The van der Waals surface area contributed by atoms with Gasteiger partial charge in [-0.1, -0.05) is 23.5 Å². The number of thiazole rings is 1. The van der Waals surface area contributed by atoms with Crippen LogP contribution in [0.2, 0.25) is 0 Å². The number of rotatable bonds is 4. The fraction of sp³-hybridized carbons (Fsp3) is 0.263. The molecular formula is C19H20N2O3S. The Labute approximate surface area is 150 Å². The molecule has 1 amide bonds. The van der Waals surface area contributed by atoms with Gasteiger partial charge in [0, 0.05) is 7.05 Å². The van der Waals surface area contributed by atoms with Gasteiger partial charge in [-0.05, 0) is 49.2 Å². The van der Waals surface area contributed by atoms with Crippen LogP contribution in [0.25, 0.3) is 10.2 Å². The van der Waals surface area contributed by atoms with Gasteiger partial charge in [-0.3, -0.25) is 4.79 Å². The first-order chi connectivity index (χ1) is 12.0. The lowest BCUT2D eigenvalue weighted by molar-refractivity contribution is -0.120. The fourth-order valence-electron chi connectivity index (χ4n) is 2.50. The molecule has 1 aromatic heterocycles. The van der Waals surface area contributed by atoms with Crippen LogP contribution in [0.5, 0.6) is 11.5 Å². The van der Waals surface area contributed by atoms with Crippen molar-refractivity contribution < 1.29 is 14.3 Å². The summed E-state index contributed by atoms with van der Waals surface area (Å²) in [5.41, 5.74) is 3.52. The second-order valence-corrected chi connectivity index (χ2v) is 6.80. The Balaban J connectivity index is 1.84. The molecule has 6 heteroatoms. The number of aryl methyl sites for hydroxylation is 3. The predicted octanol–water partition coefficient (Wildman–Crippen LogP) is 3.37. The van der Waals surface area contributed by atoms with Gasteiger partial charge < -0.3 is 14.0 Å². The minimum Gasteiger partial charge on any atom is -0.493 e. The van der Waals surface area contributed by atoms with E-state index in [-0.39, 0.29) is 12.5 Å². The van der Waals surface area contributed by atoms with Crippen molar-refractivity contribution in [2.75, 3.05) is 13.7 Å². The molecule has 0 aliphatic carbocycles. The number of hydrogen-bond acceptors (Lipinski definition) is 4. The van der Waals surface area contributed by atoms with Gasteiger partial charge >= 0.3 is 0 Å². The monoisotopic (exact) mass is 356 g/mol. The average molecular weight is 356 g/mol. The lowest BCUT2D eigenvalue weighted by Gasteiger charge is -2.08. The maximum Gasteiger partial charge on any atom is 0.286 e. The van der Waals surface area contributed by atoms with Crippen molar-refractivity contribution in [2.24, 2.45) is 12.0 Å². The molecule has 3 rings (SSSR count). The molecule has 0 saturated heterocycles. The van der Waals surface area contributed by atoms with Gasteiger partial charge in [0.2, 0.25) is 0 Å². The number of methoxy groups -OCH3 is 1. The molecule has 0 unspecified atom stereocenters. The Morgan fingerprint density at radius 3 is 2.56 bits per heavy atom. The number of para-hydroxylation sites is 2. The van der Waals surface area contributed by atoms with Crippen LogP contribution in [0.15, 0.2) is 41.4 Å². The molecule has 0 saturated carbocycles. The van der Waals surface area contributed by atoms with Crippen molar-refractivity contribution in [3.8, 4) is 11.5 Å². The summed E-state index contributed by atoms with van der Waals surface area (Å²) in [4.78, 5) is 17.1. The number of amides is 1. The highest BCUT2D eigenvalue weighted by Gasteiger charge is 2.09. The van der Waals surface area contributed by atoms with E-state index in [0.29, 0.717) is 16.3 Å². The molecule has 0 fully saturated rings. The molecule has 1 heterocycles. The number of benzene rings is 2. The molecule has 0 atom stereocenters. The van der Waals surface area contributed by atoms with Gasteiger partial charge in [-0.2, -0.15) is 4.99 Å². The van der Waals surface area contributed by atoms with E-state index in [1.165, 1.54) is 22.5 Å². The van der Waals surface area contributed by atoms with Crippen molar-refractivity contribution >= 4 is 27.5 Å². The standard InChI is InChI=1S/C19H20N2O3S/c1-12-9-14-17(10-13(12)2)25-19(21(14)3)20-18(22)11-24-16-8-6-5-7-15(16)23-4/h5-10H,11H2,1-4H3. The van der Waals surface area contributed by atoms with E-state index in [2.05, 4.69) is 31.0 Å². The molecule has 0 aliphatic heterocycles. The van der Waals surface area contributed by atoms with Crippen molar-refractivity contribution in [3.05, 3.63) is 52.3 Å². The molecule has 0 radical (unpaired) electrons. The fourth-order valence-corrected chi connectivity index (χ4v) is 3.62. The Morgan fingerprint density at radius 1 is 1.16 bits per heavy atom. The molecule has 130 valence electrons. The van der Waals surface area contributed by atoms with Gasteiger partial charge in [0.05, 0.1) is 17.3 Å². The van der Waals surface area contributed by atoms with Gasteiger partial charge in [0.1, 0.15) is 0 Å². The van der Waals surface area contributed by atoms with Gasteiger partial charge in [0.25, 0.3) is 5.91 Å². The summed E-state index contributed by atoms with van der Waals surface area (Å²) in [6, 6.07) is 11.5. The number of aromatic nitrogens is 1. The highest BCUT2D eigenvalue weighted by molar-refractivity contribution is 7.16. The zero-order valence-electron chi connectivity index (χ0n) is 14.7. The number of fused-ring (bicyclic) bond motifs is 1. The second-order valence-electron chi connectivity index (χ2n) is 5.79. The highest BCUT2D eigenvalue weighted by atomic mass is 32.1. The van der Waals surface area contributed by atoms with Crippen LogP contribution in [-0.2, 0) is 11.8 Å². The van der Waals surface area contributed by atoms with Crippen LogP contribution in [-0.4, -0.2) is 24.2 Å². The van der Waals surface area contributed by atoms with Crippen LogP contribution in [0.1, 0.15) is 11.1 Å². The maximum absolute atomic E-state index is 12.2. The average Bonchev–Trinajstić information content (AvgIpc) is 2.89. The van der Waals surface area contributed by atoms with Crippen LogP contribution in [0.3, 0.4) is 0 Å². The third-order valence-electron chi connectivity index (χ3n) is 4.07. The molecule has 0 N–H and O–H groups in total. The quantitative estimate of drug-likeness (QED) is 0.720. The summed E-state index contributed by atoms with van der Waals surface area (Å²) >= 11 is 1.50. The molecule has 0 aliphatic rings. The van der Waals surface area contributed by atoms with E-state index in [1.807, 2.05) is 23.7 Å². The predicted molar refractivity (Wildman–Crippen MR) is 99.3 cm³/mol. The third-order valence-corrected chi connectivity index (χ3v) is 5.16. The smallest absolute Gasteiger partial charge is 0.286 e. The van der Waals surface area contributed by atoms with Crippen LogP contribution in [0, 0.1) is 13.8 Å². The SMILES string of the molecule is COc1ccccc1OCC(=O)N=c1sc2cc(C)c(C)cc2n1C. The summed E-state index contributed by atoms with van der Waals surface area (Å²) in [7, 11) is 3.48. The Morgan fingerprint density at radius 2 is 1.84 bits per heavy atom. The van der Waals surface area contributed by atoms with E-state index in [4.69, 9.17) is 9.47 Å². The molecule has 0 spiro atoms. The zero-order valence-corrected chi connectivity index (χ0v) is 15.5. The first kappa shape index (κ1) is 17.2. The van der Waals surface area contributed by atoms with Crippen LogP contribution < -0.4 is 14.3 Å². The van der Waals surface area contributed by atoms with Crippen molar-refractivity contribution in [3.63, 3.8) is 0 Å². The summed E-state index contributed by atoms with van der Waals surface area (Å²) in [5, 5.41) is 0. The molecule has 0 bridgehead atoms. The lowest BCUT2D eigenvalue weighted by Crippen LogP contribution is -2.17. The highest BCUT2D eigenvalue weighted by Crippen LogP contribution is 2.25. The zero-order chi connectivity index (χ0) is 18.0. The van der Waals surface area contributed by atoms with Crippen LogP contribution >= 0.6 is 11.3 Å². The molecule has 25 heavy (non-hydrogen) atoms. The van der Waals surface area contributed by atoms with Gasteiger partial charge in [-0.25, -0.2) is 0 Å². The summed E-state index contributed by atoms with van der Waals surface area (Å²) in [6.45, 7) is 4.03. The molecule has 5 nitrogen and oxygen atoms in total. The summed E-state index contributed by atoms with van der Waals surface area (Å²) < 4.78 is 13.8.